The van der Waals surface area contributed by atoms with Crippen molar-refractivity contribution in [2.24, 2.45) is 22.4 Å². The van der Waals surface area contributed by atoms with Gasteiger partial charge in [-0.3, -0.25) is 9.69 Å². The van der Waals surface area contributed by atoms with Crippen LogP contribution in [0.5, 0.6) is 5.75 Å². The van der Waals surface area contributed by atoms with Gasteiger partial charge in [0, 0.05) is 30.9 Å². The molecule has 4 fully saturated rings. The molecular weight excluding hydrogens is 747 g/mol. The van der Waals surface area contributed by atoms with Crippen LogP contribution in [0.4, 0.5) is 4.79 Å². The number of amides is 1. The summed E-state index contributed by atoms with van der Waals surface area (Å²) in [4.78, 5) is 48.9. The van der Waals surface area contributed by atoms with E-state index in [1.165, 1.54) is 7.11 Å². The van der Waals surface area contributed by atoms with Crippen molar-refractivity contribution in [1.82, 2.24) is 4.90 Å². The SMILES string of the molecule is COc1c(C[C@H](CC(=O)/C(=N\OCc2ccccc2)c2ccc3c(c2)CN(C(=O)OC(C)(C)C)C3)B2OC3C[C@@H]4C[C@@H](C4(C)C)[C@]3(C)O2)cccc1C(=O)OC(C)(C)C. The molecule has 2 heterocycles. The summed E-state index contributed by atoms with van der Waals surface area (Å²) >= 11 is 0. The number of esters is 1. The standard InChI is InChI=1S/C47H59BN2O9/c1-44(2,3)56-42(52)36-18-14-17-31(41(36)54-10)22-35(48-58-39-24-34-23-38(46(34,7)8)47(39,9)59-48)25-37(51)40(49-55-28-29-15-12-11-13-16-29)30-19-20-32-26-50(27-33(32)21-30)43(53)57-45(4,5)6/h11-21,34-35,38-39H,22-28H2,1-10H3/b49-40-/t34-,35+,38-,39?,47-/m0/s1. The number of hydrogen-bond donors (Lipinski definition) is 0. The quantitative estimate of drug-likeness (QED) is 0.0764. The van der Waals surface area contributed by atoms with E-state index in [9.17, 15) is 14.4 Å². The van der Waals surface area contributed by atoms with Crippen molar-refractivity contribution in [1.29, 1.82) is 0 Å². The third kappa shape index (κ3) is 8.94. The smallest absolute Gasteiger partial charge is 0.461 e. The van der Waals surface area contributed by atoms with E-state index in [4.69, 9.17) is 28.4 Å². The minimum Gasteiger partial charge on any atom is -0.496 e. The molecule has 0 radical (unpaired) electrons. The van der Waals surface area contributed by atoms with E-state index in [-0.39, 0.29) is 36.0 Å². The molecule has 3 aliphatic carbocycles. The van der Waals surface area contributed by atoms with Gasteiger partial charge in [0.15, 0.2) is 11.5 Å². The largest absolute Gasteiger partial charge is 0.496 e. The van der Waals surface area contributed by atoms with Gasteiger partial charge in [0.2, 0.25) is 0 Å². The maximum absolute atomic E-state index is 14.9. The second-order valence-electron chi connectivity index (χ2n) is 19.4. The highest BCUT2D eigenvalue weighted by molar-refractivity contribution is 6.51. The number of hydrogen-bond acceptors (Lipinski definition) is 10. The Kier molecular flexibility index (Phi) is 11.6. The molecule has 3 aromatic carbocycles. The van der Waals surface area contributed by atoms with Crippen molar-refractivity contribution in [2.45, 2.75) is 136 Å². The molecule has 1 unspecified atom stereocenters. The minimum atomic E-state index is -0.715. The average Bonchev–Trinajstić information content (AvgIpc) is 3.76. The molecule has 59 heavy (non-hydrogen) atoms. The van der Waals surface area contributed by atoms with Gasteiger partial charge in [0.25, 0.3) is 0 Å². The van der Waals surface area contributed by atoms with Gasteiger partial charge in [-0.05, 0) is 119 Å². The number of para-hydroxylation sites is 1. The van der Waals surface area contributed by atoms with Gasteiger partial charge < -0.3 is 28.4 Å². The maximum atomic E-state index is 14.9. The zero-order valence-electron chi connectivity index (χ0n) is 36.3. The zero-order valence-corrected chi connectivity index (χ0v) is 36.3. The highest BCUT2D eigenvalue weighted by atomic mass is 16.7. The summed E-state index contributed by atoms with van der Waals surface area (Å²) in [6, 6.07) is 20.8. The predicted octanol–water partition coefficient (Wildman–Crippen LogP) is 9.12. The van der Waals surface area contributed by atoms with Gasteiger partial charge in [-0.1, -0.05) is 73.6 Å². The first-order chi connectivity index (χ1) is 27.8. The van der Waals surface area contributed by atoms with Gasteiger partial charge in [-0.2, -0.15) is 0 Å². The molecule has 12 heteroatoms. The summed E-state index contributed by atoms with van der Waals surface area (Å²) in [6.45, 7) is 18.7. The van der Waals surface area contributed by atoms with Crippen LogP contribution in [0.2, 0.25) is 5.82 Å². The lowest BCUT2D eigenvalue weighted by molar-refractivity contribution is -0.199. The Bertz CT molecular complexity index is 2110. The Morgan fingerprint density at radius 3 is 2.29 bits per heavy atom. The maximum Gasteiger partial charge on any atom is 0.461 e. The number of benzene rings is 3. The average molecular weight is 807 g/mol. The number of ether oxygens (including phenoxy) is 3. The minimum absolute atomic E-state index is 0.000573. The summed E-state index contributed by atoms with van der Waals surface area (Å²) in [6.07, 6.45) is 1.79. The zero-order chi connectivity index (χ0) is 42.5. The van der Waals surface area contributed by atoms with Crippen molar-refractivity contribution in [3.8, 4) is 5.75 Å². The van der Waals surface area contributed by atoms with Gasteiger partial charge in [-0.25, -0.2) is 9.59 Å². The van der Waals surface area contributed by atoms with E-state index < -0.39 is 41.8 Å². The number of Topliss-reactive ketones (excluding diaryl/α,β-unsaturated/α-hetero) is 1. The van der Waals surface area contributed by atoms with Crippen LogP contribution >= 0.6 is 0 Å². The fourth-order valence-corrected chi connectivity index (χ4v) is 9.47. The Hall–Kier alpha value is -4.68. The van der Waals surface area contributed by atoms with Crippen molar-refractivity contribution >= 4 is 30.7 Å². The van der Waals surface area contributed by atoms with Gasteiger partial charge in [0.1, 0.15) is 29.1 Å². The predicted molar refractivity (Wildman–Crippen MR) is 225 cm³/mol. The molecular formula is C47H59BN2O9. The van der Waals surface area contributed by atoms with Crippen LogP contribution in [-0.4, -0.2) is 65.6 Å². The molecule has 0 spiro atoms. The second-order valence-corrected chi connectivity index (χ2v) is 19.4. The molecule has 5 aliphatic rings. The molecule has 5 atom stereocenters. The molecule has 3 saturated carbocycles. The van der Waals surface area contributed by atoms with Crippen LogP contribution in [0.1, 0.15) is 120 Å². The van der Waals surface area contributed by atoms with E-state index in [0.717, 1.165) is 35.1 Å². The number of rotatable bonds is 12. The van der Waals surface area contributed by atoms with Crippen molar-refractivity contribution < 1.29 is 42.7 Å². The topological polar surface area (TPSA) is 122 Å². The molecule has 3 aromatic rings. The molecule has 314 valence electrons. The lowest BCUT2D eigenvalue weighted by Crippen LogP contribution is -2.65. The molecule has 8 rings (SSSR count). The molecule has 0 N–H and O–H groups in total. The fourth-order valence-electron chi connectivity index (χ4n) is 9.47. The lowest BCUT2D eigenvalue weighted by Gasteiger charge is -2.64. The number of oxime groups is 1. The van der Waals surface area contributed by atoms with E-state index >= 15 is 0 Å². The summed E-state index contributed by atoms with van der Waals surface area (Å²) in [5.74, 6) is 0.000968. The Balaban J connectivity index is 1.22. The molecule has 2 aliphatic heterocycles. The van der Waals surface area contributed by atoms with Crippen LogP contribution in [0.25, 0.3) is 0 Å². The molecule has 1 saturated heterocycles. The highest BCUT2D eigenvalue weighted by Gasteiger charge is 2.68. The Morgan fingerprint density at radius 1 is 0.898 bits per heavy atom. The number of fused-ring (bicyclic) bond motifs is 1. The number of carbonyl (C=O) groups excluding carboxylic acids is 3. The third-order valence-corrected chi connectivity index (χ3v) is 12.6. The lowest BCUT2D eigenvalue weighted by atomic mass is 9.43. The third-order valence-electron chi connectivity index (χ3n) is 12.6. The summed E-state index contributed by atoms with van der Waals surface area (Å²) < 4.78 is 31.2. The van der Waals surface area contributed by atoms with Gasteiger partial charge in [-0.15, -0.1) is 0 Å². The van der Waals surface area contributed by atoms with E-state index in [2.05, 4.69) is 25.9 Å². The number of carbonyl (C=O) groups is 3. The number of methoxy groups -OCH3 is 1. The van der Waals surface area contributed by atoms with Crippen LogP contribution in [0, 0.1) is 17.3 Å². The number of nitrogens with zero attached hydrogens (tertiary/aromatic N) is 2. The first-order valence-corrected chi connectivity index (χ1v) is 20.9. The van der Waals surface area contributed by atoms with Crippen LogP contribution < -0.4 is 4.74 Å². The first-order valence-electron chi connectivity index (χ1n) is 20.9. The Labute approximate surface area is 349 Å². The summed E-state index contributed by atoms with van der Waals surface area (Å²) in [5.41, 5.74) is 2.82. The van der Waals surface area contributed by atoms with Crippen molar-refractivity contribution in [2.75, 3.05) is 7.11 Å². The molecule has 0 aromatic heterocycles. The summed E-state index contributed by atoms with van der Waals surface area (Å²) in [7, 11) is 0.820. The van der Waals surface area contributed by atoms with Crippen molar-refractivity contribution in [3.63, 3.8) is 0 Å². The molecule has 1 amide bonds. The molecule has 2 bridgehead atoms. The second kappa shape index (κ2) is 16.1. The highest BCUT2D eigenvalue weighted by Crippen LogP contribution is 2.66. The summed E-state index contributed by atoms with van der Waals surface area (Å²) in [5, 5.41) is 4.53. The normalized spacial score (nSPS) is 23.8. The van der Waals surface area contributed by atoms with Crippen LogP contribution in [-0.2, 0) is 54.5 Å². The Morgan fingerprint density at radius 2 is 1.61 bits per heavy atom. The number of ketones is 1. The van der Waals surface area contributed by atoms with Crippen molar-refractivity contribution in [3.05, 3.63) is 100 Å². The first kappa shape index (κ1) is 42.4. The van der Waals surface area contributed by atoms with Gasteiger partial charge >= 0.3 is 19.2 Å². The monoisotopic (exact) mass is 806 g/mol. The van der Waals surface area contributed by atoms with Gasteiger partial charge in [0.05, 0.1) is 18.8 Å². The van der Waals surface area contributed by atoms with E-state index in [1.54, 1.807) is 17.0 Å². The van der Waals surface area contributed by atoms with Crippen LogP contribution in [0.3, 0.4) is 0 Å². The fraction of sp³-hybridized carbons (Fsp3) is 0.532. The van der Waals surface area contributed by atoms with E-state index in [0.29, 0.717) is 48.2 Å². The van der Waals surface area contributed by atoms with Crippen LogP contribution in [0.15, 0.2) is 71.9 Å². The molecule has 11 nitrogen and oxygen atoms in total. The van der Waals surface area contributed by atoms with E-state index in [1.807, 2.05) is 96.1 Å².